The first-order chi connectivity index (χ1) is 8.50. The minimum absolute atomic E-state index is 0.0457. The minimum Gasteiger partial charge on any atom is -0.508 e. The zero-order chi connectivity index (χ0) is 14.7. The molecule has 0 amide bonds. The molecule has 1 rings (SSSR count). The SMILES string of the molecule is CC.CC.Cc1ccc(O)c(C(N)CC(=O)O)c1. The number of hydrogen-bond donors (Lipinski definition) is 3. The van der Waals surface area contributed by atoms with Crippen molar-refractivity contribution < 1.29 is 15.0 Å². The van der Waals surface area contributed by atoms with Crippen LogP contribution >= 0.6 is 0 Å². The zero-order valence-electron chi connectivity index (χ0n) is 11.9. The van der Waals surface area contributed by atoms with Crippen molar-refractivity contribution in [1.82, 2.24) is 0 Å². The molecule has 104 valence electrons. The second-order valence-corrected chi connectivity index (χ2v) is 3.27. The van der Waals surface area contributed by atoms with Gasteiger partial charge >= 0.3 is 5.97 Å². The highest BCUT2D eigenvalue weighted by molar-refractivity contribution is 5.68. The van der Waals surface area contributed by atoms with Crippen LogP contribution in [-0.2, 0) is 4.79 Å². The van der Waals surface area contributed by atoms with E-state index in [0.29, 0.717) is 5.56 Å². The Balaban J connectivity index is 0. The first-order valence-corrected chi connectivity index (χ1v) is 6.27. The van der Waals surface area contributed by atoms with Crippen LogP contribution in [0.15, 0.2) is 18.2 Å². The third-order valence-electron chi connectivity index (χ3n) is 1.98. The number of nitrogens with two attached hydrogens (primary N) is 1. The first-order valence-electron chi connectivity index (χ1n) is 6.27. The summed E-state index contributed by atoms with van der Waals surface area (Å²) in [6, 6.07) is 4.30. The summed E-state index contributed by atoms with van der Waals surface area (Å²) in [6.07, 6.45) is -0.184. The average molecular weight is 255 g/mol. The van der Waals surface area contributed by atoms with Crippen LogP contribution in [0, 0.1) is 6.92 Å². The maximum absolute atomic E-state index is 10.4. The van der Waals surface area contributed by atoms with E-state index in [1.165, 1.54) is 6.07 Å². The maximum Gasteiger partial charge on any atom is 0.305 e. The molecule has 4 heteroatoms. The largest absolute Gasteiger partial charge is 0.508 e. The van der Waals surface area contributed by atoms with E-state index < -0.39 is 12.0 Å². The average Bonchev–Trinajstić information content (AvgIpc) is 2.36. The van der Waals surface area contributed by atoms with Gasteiger partial charge in [-0.25, -0.2) is 0 Å². The van der Waals surface area contributed by atoms with Crippen LogP contribution in [0.25, 0.3) is 0 Å². The van der Waals surface area contributed by atoms with Gasteiger partial charge in [0.25, 0.3) is 0 Å². The van der Waals surface area contributed by atoms with Crippen molar-refractivity contribution in [2.45, 2.75) is 47.1 Å². The molecule has 0 saturated heterocycles. The van der Waals surface area contributed by atoms with Crippen LogP contribution in [0.3, 0.4) is 0 Å². The van der Waals surface area contributed by atoms with Crippen molar-refractivity contribution >= 4 is 5.97 Å². The van der Waals surface area contributed by atoms with Gasteiger partial charge in [0.05, 0.1) is 6.42 Å². The Morgan fingerprint density at radius 3 is 2.22 bits per heavy atom. The van der Waals surface area contributed by atoms with Gasteiger partial charge in [-0.15, -0.1) is 0 Å². The van der Waals surface area contributed by atoms with Gasteiger partial charge in [0.1, 0.15) is 5.75 Å². The van der Waals surface area contributed by atoms with E-state index >= 15 is 0 Å². The van der Waals surface area contributed by atoms with Gasteiger partial charge in [0, 0.05) is 11.6 Å². The number of aryl methyl sites for hydroxylation is 1. The Bertz CT molecular complexity index is 351. The molecule has 4 N–H and O–H groups in total. The molecule has 0 aromatic heterocycles. The number of benzene rings is 1. The molecule has 0 fully saturated rings. The fourth-order valence-electron chi connectivity index (χ4n) is 1.27. The number of hydrogen-bond acceptors (Lipinski definition) is 3. The van der Waals surface area contributed by atoms with Crippen molar-refractivity contribution in [3.8, 4) is 5.75 Å². The molecule has 0 aliphatic carbocycles. The summed E-state index contributed by atoms with van der Waals surface area (Å²) >= 11 is 0. The van der Waals surface area contributed by atoms with Gasteiger partial charge in [-0.2, -0.15) is 0 Å². The lowest BCUT2D eigenvalue weighted by Gasteiger charge is -2.11. The monoisotopic (exact) mass is 255 g/mol. The molecular weight excluding hydrogens is 230 g/mol. The molecule has 0 bridgehead atoms. The number of carbonyl (C=O) groups is 1. The quantitative estimate of drug-likeness (QED) is 0.774. The van der Waals surface area contributed by atoms with Crippen molar-refractivity contribution in [3.05, 3.63) is 29.3 Å². The van der Waals surface area contributed by atoms with Crippen LogP contribution in [-0.4, -0.2) is 16.2 Å². The molecule has 4 nitrogen and oxygen atoms in total. The van der Waals surface area contributed by atoms with Crippen LogP contribution in [0.5, 0.6) is 5.75 Å². The van der Waals surface area contributed by atoms with E-state index in [0.717, 1.165) is 5.56 Å². The summed E-state index contributed by atoms with van der Waals surface area (Å²) in [7, 11) is 0. The van der Waals surface area contributed by atoms with Gasteiger partial charge in [-0.3, -0.25) is 4.79 Å². The van der Waals surface area contributed by atoms with Crippen molar-refractivity contribution in [2.24, 2.45) is 5.73 Å². The molecule has 18 heavy (non-hydrogen) atoms. The predicted molar refractivity (Wildman–Crippen MR) is 74.7 cm³/mol. The number of rotatable bonds is 3. The maximum atomic E-state index is 10.4. The van der Waals surface area contributed by atoms with Crippen LogP contribution < -0.4 is 5.73 Å². The second-order valence-electron chi connectivity index (χ2n) is 3.27. The van der Waals surface area contributed by atoms with E-state index in [1.54, 1.807) is 12.1 Å². The third-order valence-corrected chi connectivity index (χ3v) is 1.98. The van der Waals surface area contributed by atoms with Gasteiger partial charge in [0.2, 0.25) is 0 Å². The molecule has 1 aromatic carbocycles. The number of carboxylic acid groups (broad SMARTS) is 1. The van der Waals surface area contributed by atoms with Gasteiger partial charge in [-0.1, -0.05) is 45.4 Å². The van der Waals surface area contributed by atoms with E-state index in [4.69, 9.17) is 10.8 Å². The lowest BCUT2D eigenvalue weighted by molar-refractivity contribution is -0.137. The number of phenols is 1. The highest BCUT2D eigenvalue weighted by Crippen LogP contribution is 2.25. The smallest absolute Gasteiger partial charge is 0.305 e. The van der Waals surface area contributed by atoms with Crippen molar-refractivity contribution in [1.29, 1.82) is 0 Å². The fourth-order valence-corrected chi connectivity index (χ4v) is 1.27. The number of carboxylic acids is 1. The van der Waals surface area contributed by atoms with E-state index in [-0.39, 0.29) is 12.2 Å². The third kappa shape index (κ3) is 6.91. The van der Waals surface area contributed by atoms with Gasteiger partial charge in [-0.05, 0) is 13.0 Å². The summed E-state index contributed by atoms with van der Waals surface area (Å²) in [5.41, 5.74) is 7.05. The number of phenolic OH excluding ortho intramolecular Hbond substituents is 1. The summed E-state index contributed by atoms with van der Waals surface area (Å²) < 4.78 is 0. The molecule has 1 unspecified atom stereocenters. The van der Waals surface area contributed by atoms with Gasteiger partial charge < -0.3 is 15.9 Å². The number of aromatic hydroxyl groups is 1. The highest BCUT2D eigenvalue weighted by atomic mass is 16.4. The molecule has 0 spiro atoms. The Kier molecular flexibility index (Phi) is 11.1. The molecule has 0 radical (unpaired) electrons. The summed E-state index contributed by atoms with van der Waals surface area (Å²) in [5, 5.41) is 18.0. The Morgan fingerprint density at radius 2 is 1.78 bits per heavy atom. The lowest BCUT2D eigenvalue weighted by atomic mass is 10.0. The van der Waals surface area contributed by atoms with Crippen molar-refractivity contribution in [2.75, 3.05) is 0 Å². The Morgan fingerprint density at radius 1 is 1.28 bits per heavy atom. The summed E-state index contributed by atoms with van der Waals surface area (Å²) in [4.78, 5) is 10.4. The molecule has 1 aromatic rings. The normalized spacial score (nSPS) is 10.3. The summed E-state index contributed by atoms with van der Waals surface area (Å²) in [5.74, 6) is -0.928. The van der Waals surface area contributed by atoms with Crippen LogP contribution in [0.4, 0.5) is 0 Å². The minimum atomic E-state index is -0.974. The second kappa shape index (κ2) is 10.6. The first kappa shape index (κ1) is 18.8. The Hall–Kier alpha value is -1.55. The summed E-state index contributed by atoms with van der Waals surface area (Å²) in [6.45, 7) is 9.86. The molecule has 0 aliphatic rings. The molecule has 0 saturated carbocycles. The predicted octanol–water partition coefficient (Wildman–Crippen LogP) is 3.23. The topological polar surface area (TPSA) is 83.5 Å². The zero-order valence-corrected chi connectivity index (χ0v) is 11.9. The Labute approximate surface area is 109 Å². The van der Waals surface area contributed by atoms with E-state index in [2.05, 4.69) is 0 Å². The van der Waals surface area contributed by atoms with Crippen LogP contribution in [0.1, 0.15) is 51.3 Å². The highest BCUT2D eigenvalue weighted by Gasteiger charge is 2.14. The van der Waals surface area contributed by atoms with E-state index in [9.17, 15) is 9.90 Å². The van der Waals surface area contributed by atoms with E-state index in [1.807, 2.05) is 34.6 Å². The van der Waals surface area contributed by atoms with Crippen molar-refractivity contribution in [3.63, 3.8) is 0 Å². The molecule has 0 heterocycles. The number of aliphatic carboxylic acids is 1. The van der Waals surface area contributed by atoms with Crippen LogP contribution in [0.2, 0.25) is 0 Å². The lowest BCUT2D eigenvalue weighted by Crippen LogP contribution is -2.15. The molecular formula is C14H25NO3. The standard InChI is InChI=1S/C10H13NO3.2C2H6/c1-6-2-3-9(12)7(4-6)8(11)5-10(13)14;2*1-2/h2-4,8,12H,5,11H2,1H3,(H,13,14);2*1-2H3. The molecule has 0 aliphatic heterocycles. The van der Waals surface area contributed by atoms with Gasteiger partial charge in [0.15, 0.2) is 0 Å². The molecule has 1 atom stereocenters. The fraction of sp³-hybridized carbons (Fsp3) is 0.500.